The number of esters is 1. The van der Waals surface area contributed by atoms with Gasteiger partial charge in [-0.25, -0.2) is 14.4 Å². The summed E-state index contributed by atoms with van der Waals surface area (Å²) in [6, 6.07) is 0. The molecular formula is C20H36N2O8. The van der Waals surface area contributed by atoms with Crippen LogP contribution >= 0.6 is 0 Å². The highest BCUT2D eigenvalue weighted by Crippen LogP contribution is 2.02. The van der Waals surface area contributed by atoms with E-state index >= 15 is 0 Å². The lowest BCUT2D eigenvalue weighted by Gasteiger charge is -2.09. The van der Waals surface area contributed by atoms with Crippen molar-refractivity contribution in [3.8, 4) is 0 Å². The van der Waals surface area contributed by atoms with Gasteiger partial charge in [-0.05, 0) is 32.6 Å². The van der Waals surface area contributed by atoms with Gasteiger partial charge in [-0.15, -0.1) is 0 Å². The zero-order chi connectivity index (χ0) is 22.6. The smallest absolute Gasteiger partial charge is 0.407 e. The lowest BCUT2D eigenvalue weighted by molar-refractivity contribution is -0.139. The molecule has 0 heterocycles. The van der Waals surface area contributed by atoms with Crippen molar-refractivity contribution in [2.75, 3.05) is 39.5 Å². The van der Waals surface area contributed by atoms with Gasteiger partial charge in [0.2, 0.25) is 0 Å². The summed E-state index contributed by atoms with van der Waals surface area (Å²) in [4.78, 5) is 34.0. The van der Waals surface area contributed by atoms with Gasteiger partial charge < -0.3 is 35.1 Å². The topological polar surface area (TPSA) is 143 Å². The number of rotatable bonds is 17. The maximum atomic E-state index is 11.4. The van der Waals surface area contributed by atoms with Gasteiger partial charge in [0.25, 0.3) is 0 Å². The number of hydrogen-bond donors (Lipinski definition) is 4. The Morgan fingerprint density at radius 2 is 1.33 bits per heavy atom. The predicted molar refractivity (Wildman–Crippen MR) is 110 cm³/mol. The van der Waals surface area contributed by atoms with Gasteiger partial charge >= 0.3 is 18.2 Å². The largest absolute Gasteiger partial charge is 0.459 e. The minimum atomic E-state index is -0.768. The zero-order valence-electron chi connectivity index (χ0n) is 17.8. The molecule has 0 fully saturated rings. The first-order chi connectivity index (χ1) is 14.4. The normalized spacial score (nSPS) is 11.3. The number of nitrogens with one attached hydrogen (secondary N) is 2. The molecule has 10 heteroatoms. The summed E-state index contributed by atoms with van der Waals surface area (Å²) in [6.45, 7) is 5.91. The number of alkyl carbamates (subject to hydrolysis) is 2. The lowest BCUT2D eigenvalue weighted by atomic mass is 10.1. The van der Waals surface area contributed by atoms with Gasteiger partial charge in [0.15, 0.2) is 0 Å². The first-order valence-corrected chi connectivity index (χ1v) is 10.3. The minimum absolute atomic E-state index is 0.00642. The summed E-state index contributed by atoms with van der Waals surface area (Å²) in [6.07, 6.45) is 3.60. The molecule has 1 atom stereocenters. The van der Waals surface area contributed by atoms with Gasteiger partial charge in [0.1, 0.15) is 13.2 Å². The van der Waals surface area contributed by atoms with Crippen LogP contribution < -0.4 is 10.6 Å². The van der Waals surface area contributed by atoms with E-state index in [2.05, 4.69) is 17.2 Å². The Balaban J connectivity index is 3.37. The van der Waals surface area contributed by atoms with Crippen molar-refractivity contribution in [2.45, 2.75) is 58.0 Å². The van der Waals surface area contributed by atoms with E-state index in [1.807, 2.05) is 0 Å². The molecule has 0 aliphatic carbocycles. The Kier molecular flexibility index (Phi) is 17.2. The van der Waals surface area contributed by atoms with Crippen LogP contribution in [0.2, 0.25) is 0 Å². The van der Waals surface area contributed by atoms with Crippen LogP contribution in [0.1, 0.15) is 51.9 Å². The molecule has 0 bridgehead atoms. The molecular weight excluding hydrogens is 396 g/mol. The minimum Gasteiger partial charge on any atom is -0.459 e. The Morgan fingerprint density at radius 3 is 1.87 bits per heavy atom. The molecule has 0 rings (SSSR count). The number of amides is 2. The second kappa shape index (κ2) is 18.7. The molecule has 0 aromatic carbocycles. The van der Waals surface area contributed by atoms with Crippen molar-refractivity contribution >= 4 is 18.2 Å². The molecule has 4 N–H and O–H groups in total. The van der Waals surface area contributed by atoms with Gasteiger partial charge in [0, 0.05) is 18.7 Å². The maximum Gasteiger partial charge on any atom is 0.407 e. The van der Waals surface area contributed by atoms with E-state index in [0.29, 0.717) is 31.5 Å². The molecule has 1 unspecified atom stereocenters. The predicted octanol–water partition coefficient (Wildman–Crippen LogP) is 1.64. The Morgan fingerprint density at radius 1 is 0.833 bits per heavy atom. The molecule has 10 nitrogen and oxygen atoms in total. The number of aliphatic hydroxyl groups excluding tert-OH is 2. The van der Waals surface area contributed by atoms with Crippen LogP contribution in [0, 0.1) is 0 Å². The van der Waals surface area contributed by atoms with Crippen molar-refractivity contribution < 1.29 is 38.8 Å². The molecule has 0 radical (unpaired) electrons. The summed E-state index contributed by atoms with van der Waals surface area (Å²) >= 11 is 0. The van der Waals surface area contributed by atoms with Gasteiger partial charge in [0.05, 0.1) is 19.3 Å². The Hall–Kier alpha value is -2.33. The number of hydrogen-bond acceptors (Lipinski definition) is 8. The molecule has 2 amide bonds. The number of carbonyl (C=O) groups excluding carboxylic acids is 3. The summed E-state index contributed by atoms with van der Waals surface area (Å²) in [5, 5.41) is 23.1. The highest BCUT2D eigenvalue weighted by atomic mass is 16.6. The third-order valence-electron chi connectivity index (χ3n) is 3.92. The number of carbonyl (C=O) groups is 3. The van der Waals surface area contributed by atoms with Crippen LogP contribution in [-0.4, -0.2) is 74.0 Å². The molecule has 0 saturated carbocycles. The fourth-order valence-electron chi connectivity index (χ4n) is 2.23. The molecule has 0 aromatic heterocycles. The van der Waals surface area contributed by atoms with Crippen LogP contribution in [0.4, 0.5) is 9.59 Å². The third kappa shape index (κ3) is 17.7. The molecule has 0 aliphatic heterocycles. The zero-order valence-corrected chi connectivity index (χ0v) is 17.8. The standard InChI is InChI=1S/C20H36N2O8/c1-16(2)18(25)28-13-14-30-20(27)22-11-7-5-3-4-6-10-21-19(26)29-12-8-9-17(24)15-23/h17,23-24H,1,3-15H2,2H3,(H,21,26)(H,22,27). The molecule has 174 valence electrons. The van der Waals surface area contributed by atoms with Crippen molar-refractivity contribution in [3.63, 3.8) is 0 Å². The van der Waals surface area contributed by atoms with Crippen LogP contribution in [0.15, 0.2) is 12.2 Å². The molecule has 0 spiro atoms. The van der Waals surface area contributed by atoms with Crippen molar-refractivity contribution in [2.24, 2.45) is 0 Å². The van der Waals surface area contributed by atoms with Gasteiger partial charge in [-0.2, -0.15) is 0 Å². The van der Waals surface area contributed by atoms with Crippen molar-refractivity contribution in [3.05, 3.63) is 12.2 Å². The number of aliphatic hydroxyl groups is 2. The van der Waals surface area contributed by atoms with E-state index in [1.54, 1.807) is 0 Å². The average molecular weight is 433 g/mol. The molecule has 30 heavy (non-hydrogen) atoms. The first kappa shape index (κ1) is 27.7. The second-order valence-corrected chi connectivity index (χ2v) is 6.79. The van der Waals surface area contributed by atoms with Crippen LogP contribution in [-0.2, 0) is 19.0 Å². The first-order valence-electron chi connectivity index (χ1n) is 10.3. The highest BCUT2D eigenvalue weighted by molar-refractivity contribution is 5.86. The van der Waals surface area contributed by atoms with E-state index in [-0.39, 0.29) is 26.4 Å². The van der Waals surface area contributed by atoms with E-state index in [4.69, 9.17) is 24.4 Å². The molecule has 0 aromatic rings. The fourth-order valence-corrected chi connectivity index (χ4v) is 2.23. The summed E-state index contributed by atoms with van der Waals surface area (Å²) in [5.41, 5.74) is 0.294. The monoisotopic (exact) mass is 432 g/mol. The van der Waals surface area contributed by atoms with Gasteiger partial charge in [-0.3, -0.25) is 0 Å². The maximum absolute atomic E-state index is 11.4. The van der Waals surface area contributed by atoms with Crippen LogP contribution in [0.25, 0.3) is 0 Å². The van der Waals surface area contributed by atoms with E-state index < -0.39 is 24.3 Å². The number of unbranched alkanes of at least 4 members (excludes halogenated alkanes) is 4. The molecule has 0 aliphatic rings. The van der Waals surface area contributed by atoms with E-state index in [0.717, 1.165) is 32.1 Å². The quantitative estimate of drug-likeness (QED) is 0.118. The van der Waals surface area contributed by atoms with Crippen LogP contribution in [0.3, 0.4) is 0 Å². The second-order valence-electron chi connectivity index (χ2n) is 6.79. The number of ether oxygens (including phenoxy) is 3. The third-order valence-corrected chi connectivity index (χ3v) is 3.92. The Bertz CT molecular complexity index is 513. The Labute approximate surface area is 177 Å². The van der Waals surface area contributed by atoms with Crippen LogP contribution in [0.5, 0.6) is 0 Å². The van der Waals surface area contributed by atoms with E-state index in [9.17, 15) is 14.4 Å². The van der Waals surface area contributed by atoms with Gasteiger partial charge in [-0.1, -0.05) is 25.8 Å². The average Bonchev–Trinajstić information content (AvgIpc) is 2.72. The molecule has 0 saturated heterocycles. The summed E-state index contributed by atoms with van der Waals surface area (Å²) in [5.74, 6) is -0.513. The van der Waals surface area contributed by atoms with Crippen molar-refractivity contribution in [1.29, 1.82) is 0 Å². The SMILES string of the molecule is C=C(C)C(=O)OCCOC(=O)NCCCCCCCNC(=O)OCCCC(O)CO. The summed E-state index contributed by atoms with van der Waals surface area (Å²) in [7, 11) is 0. The highest BCUT2D eigenvalue weighted by Gasteiger charge is 2.06. The van der Waals surface area contributed by atoms with E-state index in [1.165, 1.54) is 6.92 Å². The lowest BCUT2D eigenvalue weighted by Crippen LogP contribution is -2.27. The summed E-state index contributed by atoms with van der Waals surface area (Å²) < 4.78 is 14.6. The van der Waals surface area contributed by atoms with Crippen molar-refractivity contribution in [1.82, 2.24) is 10.6 Å². The fraction of sp³-hybridized carbons (Fsp3) is 0.750.